The zero-order chi connectivity index (χ0) is 21.8. The van der Waals surface area contributed by atoms with Gasteiger partial charge >= 0.3 is 17.9 Å². The van der Waals surface area contributed by atoms with Gasteiger partial charge in [0, 0.05) is 0 Å². The van der Waals surface area contributed by atoms with E-state index in [1.807, 2.05) is 6.92 Å². The fraction of sp³-hybridized carbons (Fsp3) is 0.800. The SMILES string of the molecule is CCCCCCC(C(C)=O)(C(=O)OCC)C(O)(CC(=O)OCC)C(=O)OCC. The first-order valence-corrected chi connectivity index (χ1v) is 9.91. The number of carbonyl (C=O) groups excluding carboxylic acids is 4. The number of Topliss-reactive ketones (excluding diaryl/α,β-unsaturated/α-hetero) is 1. The monoisotopic (exact) mass is 402 g/mol. The summed E-state index contributed by atoms with van der Waals surface area (Å²) in [6, 6.07) is 0. The van der Waals surface area contributed by atoms with Gasteiger partial charge in [-0.1, -0.05) is 32.6 Å². The van der Waals surface area contributed by atoms with Crippen molar-refractivity contribution in [2.75, 3.05) is 19.8 Å². The van der Waals surface area contributed by atoms with Crippen LogP contribution in [0.15, 0.2) is 0 Å². The summed E-state index contributed by atoms with van der Waals surface area (Å²) in [5.41, 5.74) is -4.98. The predicted molar refractivity (Wildman–Crippen MR) is 101 cm³/mol. The summed E-state index contributed by atoms with van der Waals surface area (Å²) in [5.74, 6) is -3.94. The van der Waals surface area contributed by atoms with Crippen molar-refractivity contribution < 1.29 is 38.5 Å². The maximum absolute atomic E-state index is 12.9. The molecular weight excluding hydrogens is 368 g/mol. The summed E-state index contributed by atoms with van der Waals surface area (Å²) < 4.78 is 14.9. The van der Waals surface area contributed by atoms with Crippen LogP contribution >= 0.6 is 0 Å². The molecule has 0 saturated heterocycles. The molecule has 2 unspecified atom stereocenters. The van der Waals surface area contributed by atoms with Gasteiger partial charge in [-0.25, -0.2) is 4.79 Å². The number of hydrogen-bond acceptors (Lipinski definition) is 8. The van der Waals surface area contributed by atoms with Crippen molar-refractivity contribution in [3.05, 3.63) is 0 Å². The van der Waals surface area contributed by atoms with E-state index in [-0.39, 0.29) is 26.2 Å². The van der Waals surface area contributed by atoms with Crippen molar-refractivity contribution in [1.29, 1.82) is 0 Å². The summed E-state index contributed by atoms with van der Waals surface area (Å²) in [5, 5.41) is 11.3. The summed E-state index contributed by atoms with van der Waals surface area (Å²) >= 11 is 0. The van der Waals surface area contributed by atoms with E-state index < -0.39 is 41.1 Å². The third kappa shape index (κ3) is 6.02. The lowest BCUT2D eigenvalue weighted by Crippen LogP contribution is -2.63. The molecule has 0 fully saturated rings. The van der Waals surface area contributed by atoms with Gasteiger partial charge in [0.2, 0.25) is 0 Å². The number of ether oxygens (including phenoxy) is 3. The summed E-state index contributed by atoms with van der Waals surface area (Å²) in [6.45, 7) is 7.60. The summed E-state index contributed by atoms with van der Waals surface area (Å²) in [6.07, 6.45) is 1.81. The van der Waals surface area contributed by atoms with E-state index >= 15 is 0 Å². The van der Waals surface area contributed by atoms with Gasteiger partial charge in [-0.3, -0.25) is 14.4 Å². The highest BCUT2D eigenvalue weighted by Gasteiger charge is 2.65. The summed E-state index contributed by atoms with van der Waals surface area (Å²) in [4.78, 5) is 50.5. The average Bonchev–Trinajstić information content (AvgIpc) is 2.61. The Balaban J connectivity index is 6.36. The van der Waals surface area contributed by atoms with Gasteiger partial charge in [0.15, 0.2) is 16.8 Å². The Morgan fingerprint density at radius 1 is 0.786 bits per heavy atom. The van der Waals surface area contributed by atoms with Crippen molar-refractivity contribution in [2.45, 2.75) is 78.7 Å². The molecule has 0 aliphatic heterocycles. The van der Waals surface area contributed by atoms with E-state index in [4.69, 9.17) is 14.2 Å². The van der Waals surface area contributed by atoms with Crippen LogP contribution in [-0.4, -0.2) is 54.2 Å². The molecule has 28 heavy (non-hydrogen) atoms. The number of ketones is 1. The van der Waals surface area contributed by atoms with Crippen LogP contribution in [-0.2, 0) is 33.4 Å². The second-order valence-corrected chi connectivity index (χ2v) is 6.56. The molecule has 0 rings (SSSR count). The second-order valence-electron chi connectivity index (χ2n) is 6.56. The third-order valence-electron chi connectivity index (χ3n) is 4.65. The molecule has 0 heterocycles. The Bertz CT molecular complexity index is 544. The van der Waals surface area contributed by atoms with Gasteiger partial charge in [0.1, 0.15) is 0 Å². The lowest BCUT2D eigenvalue weighted by molar-refractivity contribution is -0.202. The van der Waals surface area contributed by atoms with Crippen LogP contribution in [0.5, 0.6) is 0 Å². The van der Waals surface area contributed by atoms with E-state index in [1.54, 1.807) is 13.8 Å². The number of esters is 3. The Hall–Kier alpha value is -1.96. The largest absolute Gasteiger partial charge is 0.466 e. The lowest BCUT2D eigenvalue weighted by Gasteiger charge is -2.41. The average molecular weight is 402 g/mol. The molecule has 0 aromatic rings. The minimum absolute atomic E-state index is 0.0146. The van der Waals surface area contributed by atoms with Crippen LogP contribution < -0.4 is 0 Å². The first-order valence-electron chi connectivity index (χ1n) is 9.91. The van der Waals surface area contributed by atoms with Crippen LogP contribution in [0.2, 0.25) is 0 Å². The zero-order valence-corrected chi connectivity index (χ0v) is 17.7. The van der Waals surface area contributed by atoms with Gasteiger partial charge in [0.25, 0.3) is 0 Å². The molecule has 0 aliphatic carbocycles. The predicted octanol–water partition coefficient (Wildman–Crippen LogP) is 2.34. The topological polar surface area (TPSA) is 116 Å². The van der Waals surface area contributed by atoms with Gasteiger partial charge in [-0.05, 0) is 34.1 Å². The molecule has 0 spiro atoms. The van der Waals surface area contributed by atoms with Crippen LogP contribution in [0.4, 0.5) is 0 Å². The molecule has 8 heteroatoms. The highest BCUT2D eigenvalue weighted by atomic mass is 16.6. The molecule has 0 saturated carbocycles. The minimum Gasteiger partial charge on any atom is -0.466 e. The van der Waals surface area contributed by atoms with Crippen LogP contribution in [0, 0.1) is 5.41 Å². The Kier molecular flexibility index (Phi) is 11.6. The van der Waals surface area contributed by atoms with Crippen LogP contribution in [0.1, 0.15) is 73.1 Å². The number of hydrogen-bond donors (Lipinski definition) is 1. The highest BCUT2D eigenvalue weighted by molar-refractivity contribution is 6.09. The number of unbranched alkanes of at least 4 members (excludes halogenated alkanes) is 3. The molecule has 2 atom stereocenters. The first-order chi connectivity index (χ1) is 13.2. The Morgan fingerprint density at radius 3 is 1.79 bits per heavy atom. The van der Waals surface area contributed by atoms with Crippen molar-refractivity contribution in [3.8, 4) is 0 Å². The van der Waals surface area contributed by atoms with Crippen LogP contribution in [0.3, 0.4) is 0 Å². The molecule has 0 aliphatic rings. The lowest BCUT2D eigenvalue weighted by atomic mass is 9.64. The number of aliphatic hydroxyl groups is 1. The smallest absolute Gasteiger partial charge is 0.340 e. The van der Waals surface area contributed by atoms with Gasteiger partial charge < -0.3 is 19.3 Å². The van der Waals surface area contributed by atoms with Crippen molar-refractivity contribution in [2.24, 2.45) is 5.41 Å². The molecule has 8 nitrogen and oxygen atoms in total. The standard InChI is InChI=1S/C20H34O8/c1-6-10-11-12-13-19(15(5)21,17(23)27-8-3)20(25,18(24)28-9-4)14-16(22)26-7-2/h25H,6-14H2,1-5H3. The molecular formula is C20H34O8. The fourth-order valence-electron chi connectivity index (χ4n) is 3.23. The van der Waals surface area contributed by atoms with Crippen molar-refractivity contribution in [3.63, 3.8) is 0 Å². The fourth-order valence-corrected chi connectivity index (χ4v) is 3.23. The number of carbonyl (C=O) groups is 4. The second kappa shape index (κ2) is 12.5. The van der Waals surface area contributed by atoms with Crippen molar-refractivity contribution >= 4 is 23.7 Å². The highest BCUT2D eigenvalue weighted by Crippen LogP contribution is 2.43. The molecule has 0 aromatic heterocycles. The quantitative estimate of drug-likeness (QED) is 0.204. The van der Waals surface area contributed by atoms with Crippen LogP contribution in [0.25, 0.3) is 0 Å². The molecule has 0 bridgehead atoms. The normalized spacial score (nSPS) is 15.1. The Morgan fingerprint density at radius 2 is 1.32 bits per heavy atom. The van der Waals surface area contributed by atoms with Gasteiger partial charge in [-0.2, -0.15) is 0 Å². The first kappa shape index (κ1) is 26.0. The Labute approximate surface area is 166 Å². The van der Waals surface area contributed by atoms with Crippen molar-refractivity contribution in [1.82, 2.24) is 0 Å². The maximum Gasteiger partial charge on any atom is 0.340 e. The minimum atomic E-state index is -2.72. The van der Waals surface area contributed by atoms with E-state index in [0.717, 1.165) is 19.8 Å². The van der Waals surface area contributed by atoms with Gasteiger partial charge in [-0.15, -0.1) is 0 Å². The molecule has 0 amide bonds. The molecule has 162 valence electrons. The molecule has 0 aromatic carbocycles. The molecule has 1 N–H and O–H groups in total. The van der Waals surface area contributed by atoms with E-state index in [9.17, 15) is 24.3 Å². The van der Waals surface area contributed by atoms with E-state index in [1.165, 1.54) is 6.92 Å². The van der Waals surface area contributed by atoms with E-state index in [0.29, 0.717) is 12.8 Å². The van der Waals surface area contributed by atoms with E-state index in [2.05, 4.69) is 0 Å². The zero-order valence-electron chi connectivity index (χ0n) is 17.7. The third-order valence-corrected chi connectivity index (χ3v) is 4.65. The molecule has 0 radical (unpaired) electrons. The number of rotatable bonds is 14. The summed E-state index contributed by atoms with van der Waals surface area (Å²) in [7, 11) is 0. The van der Waals surface area contributed by atoms with Gasteiger partial charge in [0.05, 0.1) is 26.2 Å². The maximum atomic E-state index is 12.9.